The van der Waals surface area contributed by atoms with Gasteiger partial charge in [-0.25, -0.2) is 4.99 Å². The second-order valence-corrected chi connectivity index (χ2v) is 5.48. The molecule has 1 aromatic carbocycles. The molecule has 1 atom stereocenters. The summed E-state index contributed by atoms with van der Waals surface area (Å²) in [6, 6.07) is 7.62. The third-order valence-corrected chi connectivity index (χ3v) is 3.22. The molecule has 0 saturated carbocycles. The van der Waals surface area contributed by atoms with Gasteiger partial charge in [-0.3, -0.25) is 4.79 Å². The quantitative estimate of drug-likeness (QED) is 0.303. The highest BCUT2D eigenvalue weighted by molar-refractivity contribution is 14.0. The van der Waals surface area contributed by atoms with Crippen molar-refractivity contribution in [3.05, 3.63) is 47.5 Å². The number of likely N-dealkylation sites (N-methyl/N-ethyl adjacent to an activating group) is 1. The SMILES string of the molecule is C=CCNC(=NCC(=O)N(C)C)NC(C)c1cccc(Cl)c1.I. The number of halogens is 2. The number of benzene rings is 1. The van der Waals surface area contributed by atoms with Gasteiger partial charge in [-0.15, -0.1) is 30.6 Å². The third-order valence-electron chi connectivity index (χ3n) is 2.99. The number of carbonyl (C=O) groups excluding carboxylic acids is 1. The Morgan fingerprint density at radius 1 is 1.48 bits per heavy atom. The van der Waals surface area contributed by atoms with Crippen molar-refractivity contribution in [1.82, 2.24) is 15.5 Å². The first-order valence-corrected chi connectivity index (χ1v) is 7.43. The summed E-state index contributed by atoms with van der Waals surface area (Å²) in [7, 11) is 3.41. The van der Waals surface area contributed by atoms with E-state index in [0.717, 1.165) is 5.56 Å². The average Bonchev–Trinajstić information content (AvgIpc) is 2.49. The fourth-order valence-electron chi connectivity index (χ4n) is 1.67. The molecular formula is C16H24ClIN4O. The fraction of sp³-hybridized carbons (Fsp3) is 0.375. The molecule has 2 N–H and O–H groups in total. The fourth-order valence-corrected chi connectivity index (χ4v) is 1.87. The molecule has 1 aromatic rings. The number of aliphatic imine (C=N–C) groups is 1. The van der Waals surface area contributed by atoms with Gasteiger partial charge in [-0.05, 0) is 24.6 Å². The van der Waals surface area contributed by atoms with E-state index in [2.05, 4.69) is 22.2 Å². The molecule has 0 aliphatic heterocycles. The van der Waals surface area contributed by atoms with Crippen molar-refractivity contribution >= 4 is 47.4 Å². The van der Waals surface area contributed by atoms with E-state index in [9.17, 15) is 4.79 Å². The number of nitrogens with zero attached hydrogens (tertiary/aromatic N) is 2. The molecular weight excluding hydrogens is 427 g/mol. The van der Waals surface area contributed by atoms with Gasteiger partial charge >= 0.3 is 0 Å². The molecule has 5 nitrogen and oxygen atoms in total. The van der Waals surface area contributed by atoms with Crippen LogP contribution in [0.1, 0.15) is 18.5 Å². The lowest BCUT2D eigenvalue weighted by molar-refractivity contribution is -0.127. The van der Waals surface area contributed by atoms with Gasteiger partial charge in [-0.2, -0.15) is 0 Å². The summed E-state index contributed by atoms with van der Waals surface area (Å²) in [6.07, 6.45) is 1.73. The molecule has 0 radical (unpaired) electrons. The Balaban J connectivity index is 0.00000484. The normalized spacial score (nSPS) is 11.9. The Labute approximate surface area is 160 Å². The molecule has 23 heavy (non-hydrogen) atoms. The lowest BCUT2D eigenvalue weighted by Crippen LogP contribution is -2.39. The van der Waals surface area contributed by atoms with Gasteiger partial charge in [0.1, 0.15) is 6.54 Å². The summed E-state index contributed by atoms with van der Waals surface area (Å²) in [4.78, 5) is 17.4. The highest BCUT2D eigenvalue weighted by Gasteiger charge is 2.09. The molecule has 0 aliphatic carbocycles. The van der Waals surface area contributed by atoms with Crippen LogP contribution in [0.2, 0.25) is 5.02 Å². The number of rotatable bonds is 6. The van der Waals surface area contributed by atoms with Crippen molar-refractivity contribution in [3.8, 4) is 0 Å². The van der Waals surface area contributed by atoms with Gasteiger partial charge in [0.15, 0.2) is 5.96 Å². The van der Waals surface area contributed by atoms with Crippen molar-refractivity contribution in [1.29, 1.82) is 0 Å². The van der Waals surface area contributed by atoms with E-state index in [-0.39, 0.29) is 42.5 Å². The Bertz CT molecular complexity index is 549. The van der Waals surface area contributed by atoms with Gasteiger partial charge in [-0.1, -0.05) is 29.8 Å². The van der Waals surface area contributed by atoms with Crippen LogP contribution in [0, 0.1) is 0 Å². The number of nitrogens with one attached hydrogen (secondary N) is 2. The molecule has 0 bridgehead atoms. The van der Waals surface area contributed by atoms with Crippen LogP contribution < -0.4 is 10.6 Å². The third kappa shape index (κ3) is 8.22. The van der Waals surface area contributed by atoms with Crippen molar-refractivity contribution in [2.24, 2.45) is 4.99 Å². The molecule has 0 heterocycles. The van der Waals surface area contributed by atoms with Gasteiger partial charge in [0.2, 0.25) is 5.91 Å². The van der Waals surface area contributed by atoms with Crippen LogP contribution in [0.3, 0.4) is 0 Å². The molecule has 1 rings (SSSR count). The molecule has 0 spiro atoms. The summed E-state index contributed by atoms with van der Waals surface area (Å²) < 4.78 is 0. The van der Waals surface area contributed by atoms with Crippen LogP contribution in [0.25, 0.3) is 0 Å². The molecule has 1 unspecified atom stereocenters. The standard InChI is InChI=1S/C16H23ClN4O.HI/c1-5-9-18-16(19-11-15(22)21(3)4)20-12(2)13-7-6-8-14(17)10-13;/h5-8,10,12H,1,9,11H2,2-4H3,(H2,18,19,20);1H. The van der Waals surface area contributed by atoms with Crippen LogP contribution in [-0.2, 0) is 4.79 Å². The lowest BCUT2D eigenvalue weighted by Gasteiger charge is -2.18. The van der Waals surface area contributed by atoms with E-state index in [4.69, 9.17) is 11.6 Å². The van der Waals surface area contributed by atoms with Gasteiger partial charge in [0, 0.05) is 25.7 Å². The summed E-state index contributed by atoms with van der Waals surface area (Å²) in [6.45, 7) is 6.32. The zero-order valence-corrected chi connectivity index (χ0v) is 16.8. The second-order valence-electron chi connectivity index (χ2n) is 5.04. The molecule has 0 aliphatic rings. The Hall–Kier alpha value is -1.28. The van der Waals surface area contributed by atoms with E-state index < -0.39 is 0 Å². The highest BCUT2D eigenvalue weighted by Crippen LogP contribution is 2.17. The maximum absolute atomic E-state index is 11.6. The molecule has 7 heteroatoms. The van der Waals surface area contributed by atoms with Gasteiger partial charge in [0.05, 0.1) is 6.04 Å². The molecule has 128 valence electrons. The number of hydrogen-bond donors (Lipinski definition) is 2. The number of amides is 1. The first-order valence-electron chi connectivity index (χ1n) is 7.05. The maximum atomic E-state index is 11.6. The number of hydrogen-bond acceptors (Lipinski definition) is 2. The van der Waals surface area contributed by atoms with Gasteiger partial charge < -0.3 is 15.5 Å². The minimum Gasteiger partial charge on any atom is -0.353 e. The zero-order valence-electron chi connectivity index (χ0n) is 13.7. The van der Waals surface area contributed by atoms with Gasteiger partial charge in [0.25, 0.3) is 0 Å². The predicted molar refractivity (Wildman–Crippen MR) is 108 cm³/mol. The Kier molecular flexibility index (Phi) is 10.7. The zero-order chi connectivity index (χ0) is 16.5. The second kappa shape index (κ2) is 11.3. The largest absolute Gasteiger partial charge is 0.353 e. The van der Waals surface area contributed by atoms with Crippen molar-refractivity contribution in [3.63, 3.8) is 0 Å². The van der Waals surface area contributed by atoms with E-state index in [1.165, 1.54) is 4.90 Å². The predicted octanol–water partition coefficient (Wildman–Crippen LogP) is 2.83. The minimum absolute atomic E-state index is 0. The van der Waals surface area contributed by atoms with Crippen molar-refractivity contribution < 1.29 is 4.79 Å². The summed E-state index contributed by atoms with van der Waals surface area (Å²) in [5.74, 6) is 0.498. The van der Waals surface area contributed by atoms with E-state index in [0.29, 0.717) is 17.5 Å². The maximum Gasteiger partial charge on any atom is 0.243 e. The summed E-state index contributed by atoms with van der Waals surface area (Å²) >= 11 is 6.01. The smallest absolute Gasteiger partial charge is 0.243 e. The van der Waals surface area contributed by atoms with E-state index >= 15 is 0 Å². The van der Waals surface area contributed by atoms with Crippen LogP contribution in [0.4, 0.5) is 0 Å². The topological polar surface area (TPSA) is 56.7 Å². The summed E-state index contributed by atoms with van der Waals surface area (Å²) in [5.41, 5.74) is 1.04. The Morgan fingerprint density at radius 3 is 2.74 bits per heavy atom. The molecule has 0 saturated heterocycles. The number of guanidine groups is 1. The van der Waals surface area contributed by atoms with Crippen LogP contribution in [0.15, 0.2) is 41.9 Å². The lowest BCUT2D eigenvalue weighted by atomic mass is 10.1. The van der Waals surface area contributed by atoms with Crippen LogP contribution in [0.5, 0.6) is 0 Å². The number of carbonyl (C=O) groups is 1. The van der Waals surface area contributed by atoms with E-state index in [1.807, 2.05) is 31.2 Å². The molecule has 0 aromatic heterocycles. The molecule has 0 fully saturated rings. The molecule has 1 amide bonds. The highest BCUT2D eigenvalue weighted by atomic mass is 127. The van der Waals surface area contributed by atoms with Crippen molar-refractivity contribution in [2.45, 2.75) is 13.0 Å². The minimum atomic E-state index is -0.0601. The van der Waals surface area contributed by atoms with Crippen LogP contribution in [-0.4, -0.2) is 44.0 Å². The van der Waals surface area contributed by atoms with Crippen LogP contribution >= 0.6 is 35.6 Å². The summed E-state index contributed by atoms with van der Waals surface area (Å²) in [5, 5.41) is 7.03. The first-order chi connectivity index (χ1) is 10.4. The average molecular weight is 451 g/mol. The monoisotopic (exact) mass is 450 g/mol. The van der Waals surface area contributed by atoms with Crippen molar-refractivity contribution in [2.75, 3.05) is 27.2 Å². The Morgan fingerprint density at radius 2 is 2.17 bits per heavy atom. The van der Waals surface area contributed by atoms with E-state index in [1.54, 1.807) is 20.2 Å². The first kappa shape index (κ1) is 21.7.